The first-order valence-corrected chi connectivity index (χ1v) is 3.74. The van der Waals surface area contributed by atoms with Gasteiger partial charge >= 0.3 is 6.03 Å². The molecule has 1 N–H and O–H groups in total. The van der Waals surface area contributed by atoms with Crippen molar-refractivity contribution in [3.8, 4) is 0 Å². The van der Waals surface area contributed by atoms with Crippen molar-refractivity contribution in [1.29, 1.82) is 0 Å². The molecule has 0 spiro atoms. The molecule has 2 rings (SSSR count). The number of carbonyl (C=O) groups excluding carboxylic acids is 1. The molecule has 0 aliphatic carbocycles. The van der Waals surface area contributed by atoms with E-state index in [1.807, 2.05) is 18.1 Å². The van der Waals surface area contributed by atoms with Crippen LogP contribution in [0.25, 0.3) is 0 Å². The molecule has 0 aromatic carbocycles. The third-order valence-corrected chi connectivity index (χ3v) is 2.05. The van der Waals surface area contributed by atoms with Crippen LogP contribution in [0.3, 0.4) is 0 Å². The molecule has 4 heteroatoms. The first-order valence-electron chi connectivity index (χ1n) is 3.74. The molecule has 2 aliphatic rings. The number of urea groups is 1. The maximum atomic E-state index is 11.3. The van der Waals surface area contributed by atoms with Crippen LogP contribution in [0.15, 0.2) is 11.9 Å². The molecule has 4 nitrogen and oxygen atoms in total. The van der Waals surface area contributed by atoms with Gasteiger partial charge in [-0.3, -0.25) is 4.90 Å². The largest absolute Gasteiger partial charge is 0.388 e. The van der Waals surface area contributed by atoms with E-state index in [-0.39, 0.29) is 6.03 Å². The summed E-state index contributed by atoms with van der Waals surface area (Å²) in [6, 6.07) is 0.123. The second-order valence-corrected chi connectivity index (χ2v) is 2.88. The van der Waals surface area contributed by atoms with Crippen LogP contribution in [-0.2, 0) is 0 Å². The summed E-state index contributed by atoms with van der Waals surface area (Å²) in [6.45, 7) is 2.41. The highest BCUT2D eigenvalue weighted by Crippen LogP contribution is 2.17. The predicted molar refractivity (Wildman–Crippen MR) is 40.8 cm³/mol. The lowest BCUT2D eigenvalue weighted by atomic mass is 10.3. The number of amides is 2. The maximum Gasteiger partial charge on any atom is 0.324 e. The smallest absolute Gasteiger partial charge is 0.324 e. The van der Waals surface area contributed by atoms with Crippen LogP contribution < -0.4 is 5.32 Å². The van der Waals surface area contributed by atoms with Crippen molar-refractivity contribution in [2.45, 2.75) is 0 Å². The van der Waals surface area contributed by atoms with Crippen LogP contribution in [0.1, 0.15) is 0 Å². The predicted octanol–water partition coefficient (Wildman–Crippen LogP) is -0.202. The molecule has 60 valence electrons. The van der Waals surface area contributed by atoms with Gasteiger partial charge in [-0.2, -0.15) is 0 Å². The van der Waals surface area contributed by atoms with Gasteiger partial charge in [0.25, 0.3) is 0 Å². The number of hydrogen-bond donors (Lipinski definition) is 1. The third kappa shape index (κ3) is 0.859. The topological polar surface area (TPSA) is 35.6 Å². The van der Waals surface area contributed by atoms with Crippen molar-refractivity contribution >= 4 is 6.03 Å². The summed E-state index contributed by atoms with van der Waals surface area (Å²) in [4.78, 5) is 14.9. The van der Waals surface area contributed by atoms with E-state index in [4.69, 9.17) is 0 Å². The summed E-state index contributed by atoms with van der Waals surface area (Å²) in [5, 5.41) is 3.11. The molecule has 11 heavy (non-hydrogen) atoms. The average molecular weight is 153 g/mol. The van der Waals surface area contributed by atoms with Crippen molar-refractivity contribution in [3.63, 3.8) is 0 Å². The third-order valence-electron chi connectivity index (χ3n) is 2.05. The van der Waals surface area contributed by atoms with Gasteiger partial charge in [0.2, 0.25) is 0 Å². The molecule has 0 atom stereocenters. The molecular weight excluding hydrogens is 142 g/mol. The molecule has 1 saturated heterocycles. The summed E-state index contributed by atoms with van der Waals surface area (Å²) in [5.41, 5.74) is 1.09. The number of nitrogens with zero attached hydrogens (tertiary/aromatic N) is 2. The highest BCUT2D eigenvalue weighted by Gasteiger charge is 2.31. The van der Waals surface area contributed by atoms with Gasteiger partial charge in [-0.15, -0.1) is 0 Å². The van der Waals surface area contributed by atoms with E-state index >= 15 is 0 Å². The van der Waals surface area contributed by atoms with E-state index in [0.717, 1.165) is 25.3 Å². The fraction of sp³-hybridized carbons (Fsp3) is 0.571. The van der Waals surface area contributed by atoms with Crippen LogP contribution in [0.2, 0.25) is 0 Å². The first-order chi connectivity index (χ1) is 5.29. The first kappa shape index (κ1) is 6.52. The van der Waals surface area contributed by atoms with Crippen molar-refractivity contribution in [3.05, 3.63) is 11.9 Å². The molecule has 0 saturated carbocycles. The summed E-state index contributed by atoms with van der Waals surface area (Å²) in [7, 11) is 1.82. The Balaban J connectivity index is 2.26. The fourth-order valence-corrected chi connectivity index (χ4v) is 1.45. The van der Waals surface area contributed by atoms with Crippen LogP contribution in [0.5, 0.6) is 0 Å². The Bertz CT molecular complexity index is 224. The van der Waals surface area contributed by atoms with Crippen molar-refractivity contribution < 1.29 is 4.79 Å². The van der Waals surface area contributed by atoms with E-state index in [9.17, 15) is 4.79 Å². The van der Waals surface area contributed by atoms with E-state index < -0.39 is 0 Å². The van der Waals surface area contributed by atoms with Gasteiger partial charge in [0.15, 0.2) is 0 Å². The Morgan fingerprint density at radius 1 is 1.64 bits per heavy atom. The quantitative estimate of drug-likeness (QED) is 0.523. The Kier molecular flexibility index (Phi) is 1.27. The van der Waals surface area contributed by atoms with E-state index in [2.05, 4.69) is 5.32 Å². The molecule has 2 amide bonds. The Morgan fingerprint density at radius 3 is 3.18 bits per heavy atom. The Hall–Kier alpha value is -1.19. The van der Waals surface area contributed by atoms with Gasteiger partial charge in [0.05, 0.1) is 12.2 Å². The summed E-state index contributed by atoms with van der Waals surface area (Å²) in [5.74, 6) is 0. The number of hydrogen-bond acceptors (Lipinski definition) is 2. The number of carbonyl (C=O) groups is 1. The molecule has 1 fully saturated rings. The van der Waals surface area contributed by atoms with Crippen molar-refractivity contribution in [2.24, 2.45) is 0 Å². The van der Waals surface area contributed by atoms with Gasteiger partial charge in [-0.25, -0.2) is 4.79 Å². The summed E-state index contributed by atoms with van der Waals surface area (Å²) in [6.07, 6.45) is 1.92. The van der Waals surface area contributed by atoms with Crippen molar-refractivity contribution in [1.82, 2.24) is 15.1 Å². The van der Waals surface area contributed by atoms with Crippen LogP contribution in [0.4, 0.5) is 4.79 Å². The van der Waals surface area contributed by atoms with Gasteiger partial charge in [-0.05, 0) is 0 Å². The number of fused-ring (bicyclic) bond motifs is 1. The molecule has 2 heterocycles. The zero-order chi connectivity index (χ0) is 7.84. The molecular formula is C7H11N3O. The highest BCUT2D eigenvalue weighted by atomic mass is 16.2. The number of rotatable bonds is 0. The second kappa shape index (κ2) is 2.15. The lowest BCUT2D eigenvalue weighted by molar-refractivity contribution is 0.201. The van der Waals surface area contributed by atoms with Gasteiger partial charge in [0, 0.05) is 26.3 Å². The lowest BCUT2D eigenvalue weighted by Gasteiger charge is -2.21. The second-order valence-electron chi connectivity index (χ2n) is 2.88. The molecule has 0 unspecified atom stereocenters. The van der Waals surface area contributed by atoms with Crippen LogP contribution >= 0.6 is 0 Å². The van der Waals surface area contributed by atoms with Crippen LogP contribution in [0, 0.1) is 0 Å². The zero-order valence-corrected chi connectivity index (χ0v) is 6.50. The number of likely N-dealkylation sites (N-methyl/N-ethyl adjacent to an activating group) is 1. The molecule has 0 aromatic heterocycles. The number of nitrogens with one attached hydrogen (secondary N) is 1. The highest BCUT2D eigenvalue weighted by molar-refractivity contribution is 5.79. The van der Waals surface area contributed by atoms with Gasteiger partial charge in [0.1, 0.15) is 0 Å². The van der Waals surface area contributed by atoms with Gasteiger partial charge < -0.3 is 10.2 Å². The Morgan fingerprint density at radius 2 is 2.45 bits per heavy atom. The fourth-order valence-electron chi connectivity index (χ4n) is 1.45. The Labute approximate surface area is 65.5 Å². The normalized spacial score (nSPS) is 23.0. The van der Waals surface area contributed by atoms with Crippen molar-refractivity contribution in [2.75, 3.05) is 26.7 Å². The van der Waals surface area contributed by atoms with E-state index in [1.54, 1.807) is 4.90 Å². The monoisotopic (exact) mass is 153 g/mol. The van der Waals surface area contributed by atoms with E-state index in [0.29, 0.717) is 0 Å². The zero-order valence-electron chi connectivity index (χ0n) is 6.50. The maximum absolute atomic E-state index is 11.3. The summed E-state index contributed by atoms with van der Waals surface area (Å²) < 4.78 is 0. The average Bonchev–Trinajstić information content (AvgIpc) is 2.30. The van der Waals surface area contributed by atoms with E-state index in [1.165, 1.54) is 0 Å². The molecule has 0 radical (unpaired) electrons. The summed E-state index contributed by atoms with van der Waals surface area (Å²) >= 11 is 0. The van der Waals surface area contributed by atoms with Gasteiger partial charge in [-0.1, -0.05) is 0 Å². The minimum atomic E-state index is 0.123. The standard InChI is InChI=1S/C7H11N3O/c1-9-5-6-4-8-2-3-10(6)7(9)11/h4,8H,2-3,5H2,1H3. The minimum Gasteiger partial charge on any atom is -0.388 e. The molecule has 2 aliphatic heterocycles. The van der Waals surface area contributed by atoms with Crippen LogP contribution in [-0.4, -0.2) is 42.5 Å². The minimum absolute atomic E-state index is 0.123. The molecule has 0 bridgehead atoms. The molecule has 0 aromatic rings. The SMILES string of the molecule is CN1CC2=CNCCN2C1=O. The lowest BCUT2D eigenvalue weighted by Crippen LogP contribution is -2.36.